The molecule has 108 valence electrons. The molecule has 0 aliphatic carbocycles. The number of rotatable bonds is 1. The summed E-state index contributed by atoms with van der Waals surface area (Å²) in [6, 6.07) is 2.13. The normalized spacial score (nSPS) is 29.7. The second-order valence-electron chi connectivity index (χ2n) is 6.78. The van der Waals surface area contributed by atoms with E-state index >= 15 is 0 Å². The Bertz CT molecular complexity index is 621. The summed E-state index contributed by atoms with van der Waals surface area (Å²) in [5.41, 5.74) is 9.10. The molecular weight excluding hydrogens is 252 g/mol. The molecule has 0 spiro atoms. The van der Waals surface area contributed by atoms with Gasteiger partial charge >= 0.3 is 0 Å². The second-order valence-corrected chi connectivity index (χ2v) is 6.78. The quantitative estimate of drug-likeness (QED) is 0.826. The second kappa shape index (κ2) is 3.76. The molecule has 1 aromatic carbocycles. The highest BCUT2D eigenvalue weighted by Gasteiger charge is 2.49. The maximum atomic E-state index is 12.2. The van der Waals surface area contributed by atoms with Crippen LogP contribution in [0.1, 0.15) is 50.3 Å². The molecule has 1 aromatic rings. The van der Waals surface area contributed by atoms with Crippen molar-refractivity contribution in [3.8, 4) is 5.75 Å². The minimum absolute atomic E-state index is 0.0293. The van der Waals surface area contributed by atoms with Gasteiger partial charge in [0.05, 0.1) is 11.1 Å². The van der Waals surface area contributed by atoms with Gasteiger partial charge in [-0.2, -0.15) is 0 Å². The van der Waals surface area contributed by atoms with Crippen molar-refractivity contribution in [3.63, 3.8) is 0 Å². The number of benzene rings is 1. The number of anilines is 1. The zero-order valence-electron chi connectivity index (χ0n) is 12.8. The van der Waals surface area contributed by atoms with E-state index in [1.165, 1.54) is 5.56 Å². The van der Waals surface area contributed by atoms with Crippen LogP contribution in [0.25, 0.3) is 0 Å². The standard InChI is InChI=1S/C16H22N2O2/c1-8-6-10-9(2)16(5,7-17)20-13(10)11-12(8)18-14(19)15(11,3)4/h6,9H,7,17H2,1-5H3,(H,18,19). The highest BCUT2D eigenvalue weighted by atomic mass is 16.5. The summed E-state index contributed by atoms with van der Waals surface area (Å²) in [6.45, 7) is 10.6. The molecule has 0 saturated heterocycles. The van der Waals surface area contributed by atoms with E-state index < -0.39 is 11.0 Å². The fourth-order valence-electron chi connectivity index (χ4n) is 3.27. The van der Waals surface area contributed by atoms with Gasteiger partial charge in [0.2, 0.25) is 5.91 Å². The molecule has 0 saturated carbocycles. The SMILES string of the molecule is Cc1cc2c(c3c1NC(=O)C3(C)C)OC(C)(CN)C2C. The fraction of sp³-hybridized carbons (Fsp3) is 0.562. The van der Waals surface area contributed by atoms with Gasteiger partial charge in [-0.05, 0) is 39.3 Å². The van der Waals surface area contributed by atoms with E-state index in [9.17, 15) is 4.79 Å². The van der Waals surface area contributed by atoms with Crippen molar-refractivity contribution in [3.05, 3.63) is 22.8 Å². The molecule has 20 heavy (non-hydrogen) atoms. The van der Waals surface area contributed by atoms with Crippen LogP contribution in [0.15, 0.2) is 6.07 Å². The van der Waals surface area contributed by atoms with Gasteiger partial charge in [-0.15, -0.1) is 0 Å². The third kappa shape index (κ3) is 1.43. The van der Waals surface area contributed by atoms with Crippen LogP contribution in [-0.2, 0) is 10.2 Å². The van der Waals surface area contributed by atoms with Crippen LogP contribution >= 0.6 is 0 Å². The van der Waals surface area contributed by atoms with E-state index in [1.807, 2.05) is 27.7 Å². The molecule has 2 atom stereocenters. The van der Waals surface area contributed by atoms with Crippen LogP contribution in [0.5, 0.6) is 5.75 Å². The van der Waals surface area contributed by atoms with Crippen molar-refractivity contribution < 1.29 is 9.53 Å². The molecule has 4 nitrogen and oxygen atoms in total. The third-order valence-corrected chi connectivity index (χ3v) is 5.06. The van der Waals surface area contributed by atoms with E-state index in [1.54, 1.807) is 0 Å². The molecule has 0 fully saturated rings. The molecule has 0 bridgehead atoms. The molecule has 0 radical (unpaired) electrons. The molecule has 3 rings (SSSR count). The molecule has 0 aromatic heterocycles. The molecule has 2 unspecified atom stereocenters. The van der Waals surface area contributed by atoms with Crippen LogP contribution in [0, 0.1) is 6.92 Å². The molecule has 4 heteroatoms. The van der Waals surface area contributed by atoms with E-state index in [-0.39, 0.29) is 11.8 Å². The number of ether oxygens (including phenoxy) is 1. The van der Waals surface area contributed by atoms with Crippen molar-refractivity contribution in [2.24, 2.45) is 5.73 Å². The highest BCUT2D eigenvalue weighted by Crippen LogP contribution is 2.54. The topological polar surface area (TPSA) is 64.3 Å². The number of nitrogens with one attached hydrogen (secondary N) is 1. The Labute approximate surface area is 119 Å². The van der Waals surface area contributed by atoms with Crippen molar-refractivity contribution in [2.75, 3.05) is 11.9 Å². The first-order chi connectivity index (χ1) is 9.22. The number of nitrogens with two attached hydrogens (primary N) is 1. The van der Waals surface area contributed by atoms with Crippen molar-refractivity contribution in [2.45, 2.75) is 51.6 Å². The maximum absolute atomic E-state index is 12.2. The van der Waals surface area contributed by atoms with Crippen molar-refractivity contribution in [1.82, 2.24) is 0 Å². The van der Waals surface area contributed by atoms with Crippen LogP contribution < -0.4 is 15.8 Å². The smallest absolute Gasteiger partial charge is 0.234 e. The first-order valence-corrected chi connectivity index (χ1v) is 7.11. The Morgan fingerprint density at radius 2 is 2.05 bits per heavy atom. The monoisotopic (exact) mass is 274 g/mol. The van der Waals surface area contributed by atoms with E-state index in [0.717, 1.165) is 22.6 Å². The van der Waals surface area contributed by atoms with E-state index in [0.29, 0.717) is 6.54 Å². The summed E-state index contributed by atoms with van der Waals surface area (Å²) in [7, 11) is 0. The van der Waals surface area contributed by atoms with Gasteiger partial charge in [-0.3, -0.25) is 4.79 Å². The van der Waals surface area contributed by atoms with Gasteiger partial charge in [-0.25, -0.2) is 0 Å². The zero-order chi connectivity index (χ0) is 14.9. The van der Waals surface area contributed by atoms with Crippen LogP contribution in [0.4, 0.5) is 5.69 Å². The number of carbonyl (C=O) groups is 1. The lowest BCUT2D eigenvalue weighted by Gasteiger charge is -2.27. The fourth-order valence-corrected chi connectivity index (χ4v) is 3.27. The summed E-state index contributed by atoms with van der Waals surface area (Å²) in [5.74, 6) is 1.11. The lowest BCUT2D eigenvalue weighted by atomic mass is 9.81. The average Bonchev–Trinajstić information content (AvgIpc) is 2.77. The predicted octanol–water partition coefficient (Wildman–Crippen LogP) is 2.44. The van der Waals surface area contributed by atoms with Crippen LogP contribution in [0.3, 0.4) is 0 Å². The van der Waals surface area contributed by atoms with Crippen LogP contribution in [0.2, 0.25) is 0 Å². The molecule has 2 aliphatic heterocycles. The summed E-state index contributed by atoms with van der Waals surface area (Å²) < 4.78 is 6.22. The Morgan fingerprint density at radius 1 is 1.40 bits per heavy atom. The Kier molecular flexibility index (Phi) is 2.52. The van der Waals surface area contributed by atoms with Crippen molar-refractivity contribution in [1.29, 1.82) is 0 Å². The zero-order valence-corrected chi connectivity index (χ0v) is 12.8. The first-order valence-electron chi connectivity index (χ1n) is 7.11. The van der Waals surface area contributed by atoms with Gasteiger partial charge in [0.25, 0.3) is 0 Å². The number of hydrogen-bond donors (Lipinski definition) is 2. The minimum Gasteiger partial charge on any atom is -0.485 e. The lowest BCUT2D eigenvalue weighted by Crippen LogP contribution is -2.41. The maximum Gasteiger partial charge on any atom is 0.234 e. The Hall–Kier alpha value is -1.55. The van der Waals surface area contributed by atoms with E-state index in [2.05, 4.69) is 18.3 Å². The number of aryl methyl sites for hydroxylation is 1. The number of hydrogen-bond acceptors (Lipinski definition) is 3. The van der Waals surface area contributed by atoms with Gasteiger partial charge in [-0.1, -0.05) is 6.92 Å². The van der Waals surface area contributed by atoms with Crippen molar-refractivity contribution >= 4 is 11.6 Å². The largest absolute Gasteiger partial charge is 0.485 e. The molecule has 2 aliphatic rings. The summed E-state index contributed by atoms with van der Waals surface area (Å²) in [4.78, 5) is 12.2. The number of fused-ring (bicyclic) bond motifs is 3. The average molecular weight is 274 g/mol. The number of amides is 1. The minimum atomic E-state index is -0.564. The molecular formula is C16H22N2O2. The van der Waals surface area contributed by atoms with Gasteiger partial charge in [0.15, 0.2) is 0 Å². The Morgan fingerprint density at radius 3 is 2.65 bits per heavy atom. The molecule has 1 amide bonds. The Balaban J connectivity index is 2.28. The van der Waals surface area contributed by atoms with E-state index in [4.69, 9.17) is 10.5 Å². The molecule has 2 heterocycles. The van der Waals surface area contributed by atoms with Gasteiger partial charge in [0.1, 0.15) is 11.4 Å². The predicted molar refractivity (Wildman–Crippen MR) is 79.3 cm³/mol. The summed E-state index contributed by atoms with van der Waals surface area (Å²) in [6.07, 6.45) is 0. The summed E-state index contributed by atoms with van der Waals surface area (Å²) in [5, 5.41) is 3.00. The molecule has 3 N–H and O–H groups in total. The van der Waals surface area contributed by atoms with Crippen LogP contribution in [-0.4, -0.2) is 18.1 Å². The lowest BCUT2D eigenvalue weighted by molar-refractivity contribution is -0.119. The van der Waals surface area contributed by atoms with Gasteiger partial charge in [0, 0.05) is 23.6 Å². The first kappa shape index (κ1) is 13.4. The van der Waals surface area contributed by atoms with Gasteiger partial charge < -0.3 is 15.8 Å². The third-order valence-electron chi connectivity index (χ3n) is 5.06. The summed E-state index contributed by atoms with van der Waals surface area (Å²) >= 11 is 0. The highest BCUT2D eigenvalue weighted by molar-refractivity contribution is 6.07. The number of carbonyl (C=O) groups excluding carboxylic acids is 1.